The van der Waals surface area contributed by atoms with Gasteiger partial charge in [-0.05, 0) is 43.7 Å². The minimum Gasteiger partial charge on any atom is -0.456 e. The number of rotatable bonds is 2. The molecule has 0 aliphatic carbocycles. The Morgan fingerprint density at radius 2 is 2.00 bits per heavy atom. The van der Waals surface area contributed by atoms with Crippen LogP contribution in [0.15, 0.2) is 34.7 Å². The smallest absolute Gasteiger partial charge is 0.291 e. The number of nitrogens with one attached hydrogen (secondary N) is 1. The van der Waals surface area contributed by atoms with Crippen molar-refractivity contribution in [3.63, 3.8) is 0 Å². The van der Waals surface area contributed by atoms with Gasteiger partial charge in [0.1, 0.15) is 5.76 Å². The lowest BCUT2D eigenvalue weighted by Crippen LogP contribution is -2.12. The quantitative estimate of drug-likeness (QED) is 0.779. The molecule has 0 atom stereocenters. The lowest BCUT2D eigenvalue weighted by molar-refractivity contribution is 0.0995. The maximum atomic E-state index is 11.8. The molecule has 4 nitrogen and oxygen atoms in total. The maximum Gasteiger partial charge on any atom is 0.291 e. The average molecular weight is 230 g/mol. The van der Waals surface area contributed by atoms with Crippen molar-refractivity contribution in [2.45, 2.75) is 13.8 Å². The molecule has 1 amide bonds. The highest BCUT2D eigenvalue weighted by Gasteiger charge is 2.11. The summed E-state index contributed by atoms with van der Waals surface area (Å²) < 4.78 is 5.23. The SMILES string of the molecule is Cc1ccc(NC(=O)c2ccc(C)o2)c(N)c1. The van der Waals surface area contributed by atoms with Gasteiger partial charge in [0.15, 0.2) is 5.76 Å². The van der Waals surface area contributed by atoms with Crippen molar-refractivity contribution < 1.29 is 9.21 Å². The van der Waals surface area contributed by atoms with Crippen LogP contribution in [0, 0.1) is 13.8 Å². The number of benzene rings is 1. The van der Waals surface area contributed by atoms with E-state index in [0.717, 1.165) is 5.56 Å². The van der Waals surface area contributed by atoms with Gasteiger partial charge < -0.3 is 15.5 Å². The molecule has 0 aliphatic heterocycles. The number of carbonyl (C=O) groups excluding carboxylic acids is 1. The Morgan fingerprint density at radius 3 is 2.59 bits per heavy atom. The van der Waals surface area contributed by atoms with Crippen LogP contribution in [-0.4, -0.2) is 5.91 Å². The molecule has 1 aromatic carbocycles. The van der Waals surface area contributed by atoms with Crippen LogP contribution in [-0.2, 0) is 0 Å². The van der Waals surface area contributed by atoms with E-state index < -0.39 is 0 Å². The molecule has 3 N–H and O–H groups in total. The highest BCUT2D eigenvalue weighted by atomic mass is 16.3. The van der Waals surface area contributed by atoms with E-state index in [1.165, 1.54) is 0 Å². The minimum absolute atomic E-state index is 0.280. The standard InChI is InChI=1S/C13H14N2O2/c1-8-3-5-11(10(14)7-8)15-13(16)12-6-4-9(2)17-12/h3-7H,14H2,1-2H3,(H,15,16). The number of nitrogens with two attached hydrogens (primary N) is 1. The van der Waals surface area contributed by atoms with Gasteiger partial charge in [0.05, 0.1) is 11.4 Å². The van der Waals surface area contributed by atoms with Crippen molar-refractivity contribution in [3.8, 4) is 0 Å². The fourth-order valence-corrected chi connectivity index (χ4v) is 1.54. The van der Waals surface area contributed by atoms with Crippen LogP contribution < -0.4 is 11.1 Å². The van der Waals surface area contributed by atoms with Gasteiger partial charge in [-0.3, -0.25) is 4.79 Å². The zero-order chi connectivity index (χ0) is 12.4. The second-order valence-corrected chi connectivity index (χ2v) is 3.96. The van der Waals surface area contributed by atoms with Gasteiger partial charge in [-0.15, -0.1) is 0 Å². The predicted octanol–water partition coefficient (Wildman–Crippen LogP) is 2.73. The van der Waals surface area contributed by atoms with Crippen LogP contribution in [0.2, 0.25) is 0 Å². The number of amides is 1. The maximum absolute atomic E-state index is 11.8. The summed E-state index contributed by atoms with van der Waals surface area (Å²) in [5.74, 6) is 0.683. The molecule has 2 rings (SSSR count). The first-order valence-corrected chi connectivity index (χ1v) is 5.30. The number of furan rings is 1. The van der Waals surface area contributed by atoms with E-state index in [4.69, 9.17) is 10.2 Å². The number of aryl methyl sites for hydroxylation is 2. The fourth-order valence-electron chi connectivity index (χ4n) is 1.54. The molecule has 0 spiro atoms. The Balaban J connectivity index is 2.18. The first-order chi connectivity index (χ1) is 8.06. The molecular weight excluding hydrogens is 216 g/mol. The van der Waals surface area contributed by atoms with Crippen LogP contribution in [0.5, 0.6) is 0 Å². The van der Waals surface area contributed by atoms with Gasteiger partial charge in [-0.25, -0.2) is 0 Å². The molecule has 0 saturated carbocycles. The van der Waals surface area contributed by atoms with E-state index in [9.17, 15) is 4.79 Å². The summed E-state index contributed by atoms with van der Waals surface area (Å²) in [6, 6.07) is 8.85. The molecule has 0 radical (unpaired) electrons. The third-order valence-corrected chi connectivity index (χ3v) is 2.42. The van der Waals surface area contributed by atoms with Crippen molar-refractivity contribution in [3.05, 3.63) is 47.4 Å². The monoisotopic (exact) mass is 230 g/mol. The molecule has 0 unspecified atom stereocenters. The van der Waals surface area contributed by atoms with Gasteiger partial charge in [0.25, 0.3) is 5.91 Å². The van der Waals surface area contributed by atoms with Crippen LogP contribution in [0.3, 0.4) is 0 Å². The average Bonchev–Trinajstić information content (AvgIpc) is 2.69. The number of hydrogen-bond donors (Lipinski definition) is 2. The lowest BCUT2D eigenvalue weighted by atomic mass is 10.2. The second-order valence-electron chi connectivity index (χ2n) is 3.96. The van der Waals surface area contributed by atoms with Crippen LogP contribution in [0.25, 0.3) is 0 Å². The van der Waals surface area contributed by atoms with E-state index in [1.54, 1.807) is 25.1 Å². The fraction of sp³-hybridized carbons (Fsp3) is 0.154. The Hall–Kier alpha value is -2.23. The van der Waals surface area contributed by atoms with E-state index in [1.807, 2.05) is 19.1 Å². The molecule has 1 heterocycles. The van der Waals surface area contributed by atoms with Gasteiger partial charge in [0, 0.05) is 0 Å². The summed E-state index contributed by atoms with van der Waals surface area (Å²) in [5.41, 5.74) is 7.99. The van der Waals surface area contributed by atoms with E-state index in [0.29, 0.717) is 17.1 Å². The number of carbonyl (C=O) groups is 1. The summed E-state index contributed by atoms with van der Waals surface area (Å²) in [4.78, 5) is 11.8. The normalized spacial score (nSPS) is 10.2. The summed E-state index contributed by atoms with van der Waals surface area (Å²) in [6.07, 6.45) is 0. The van der Waals surface area contributed by atoms with E-state index in [2.05, 4.69) is 5.32 Å². The molecule has 4 heteroatoms. The van der Waals surface area contributed by atoms with Crippen molar-refractivity contribution in [1.82, 2.24) is 0 Å². The molecular formula is C13H14N2O2. The largest absolute Gasteiger partial charge is 0.456 e. The summed E-state index contributed by atoms with van der Waals surface area (Å²) >= 11 is 0. The van der Waals surface area contributed by atoms with E-state index in [-0.39, 0.29) is 11.7 Å². The first-order valence-electron chi connectivity index (χ1n) is 5.30. The predicted molar refractivity (Wildman–Crippen MR) is 67.0 cm³/mol. The third-order valence-electron chi connectivity index (χ3n) is 2.42. The highest BCUT2D eigenvalue weighted by Crippen LogP contribution is 2.20. The summed E-state index contributed by atoms with van der Waals surface area (Å²) in [7, 11) is 0. The van der Waals surface area contributed by atoms with Gasteiger partial charge in [0.2, 0.25) is 0 Å². The Bertz CT molecular complexity index is 558. The molecule has 2 aromatic rings. The highest BCUT2D eigenvalue weighted by molar-refractivity contribution is 6.03. The minimum atomic E-state index is -0.298. The van der Waals surface area contributed by atoms with Crippen LogP contribution in [0.4, 0.5) is 11.4 Å². The Labute approximate surface area is 99.4 Å². The second kappa shape index (κ2) is 4.33. The van der Waals surface area contributed by atoms with Crippen LogP contribution in [0.1, 0.15) is 21.9 Å². The number of hydrogen-bond acceptors (Lipinski definition) is 3. The zero-order valence-electron chi connectivity index (χ0n) is 9.78. The zero-order valence-corrected chi connectivity index (χ0v) is 9.78. The third kappa shape index (κ3) is 2.47. The molecule has 17 heavy (non-hydrogen) atoms. The van der Waals surface area contributed by atoms with Crippen LogP contribution >= 0.6 is 0 Å². The molecule has 0 bridgehead atoms. The molecule has 1 aromatic heterocycles. The van der Waals surface area contributed by atoms with Gasteiger partial charge >= 0.3 is 0 Å². The van der Waals surface area contributed by atoms with Crippen molar-refractivity contribution in [2.75, 3.05) is 11.1 Å². The number of anilines is 2. The molecule has 88 valence electrons. The summed E-state index contributed by atoms with van der Waals surface area (Å²) in [5, 5.41) is 2.71. The Morgan fingerprint density at radius 1 is 1.24 bits per heavy atom. The van der Waals surface area contributed by atoms with E-state index >= 15 is 0 Å². The first kappa shape index (κ1) is 11.3. The van der Waals surface area contributed by atoms with Crippen molar-refractivity contribution >= 4 is 17.3 Å². The van der Waals surface area contributed by atoms with Crippen molar-refractivity contribution in [2.24, 2.45) is 0 Å². The lowest BCUT2D eigenvalue weighted by Gasteiger charge is -2.07. The topological polar surface area (TPSA) is 68.3 Å². The van der Waals surface area contributed by atoms with Gasteiger partial charge in [-0.1, -0.05) is 6.07 Å². The number of nitrogen functional groups attached to an aromatic ring is 1. The van der Waals surface area contributed by atoms with Crippen molar-refractivity contribution in [1.29, 1.82) is 0 Å². The molecule has 0 fully saturated rings. The Kier molecular flexibility index (Phi) is 2.87. The summed E-state index contributed by atoms with van der Waals surface area (Å²) in [6.45, 7) is 3.73. The van der Waals surface area contributed by atoms with Gasteiger partial charge in [-0.2, -0.15) is 0 Å². The molecule has 0 aliphatic rings. The molecule has 0 saturated heterocycles.